The molecule has 1 amide bonds. The van der Waals surface area contributed by atoms with Crippen LogP contribution in [0.4, 0.5) is 0 Å². The number of nitrogens with zero attached hydrogens (tertiary/aromatic N) is 2. The fourth-order valence-electron chi connectivity index (χ4n) is 2.58. The quantitative estimate of drug-likeness (QED) is 0.757. The molecule has 0 aliphatic carbocycles. The summed E-state index contributed by atoms with van der Waals surface area (Å²) in [6.45, 7) is 10.1. The zero-order valence-electron chi connectivity index (χ0n) is 11.9. The van der Waals surface area contributed by atoms with Gasteiger partial charge in [0.2, 0.25) is 5.91 Å². The summed E-state index contributed by atoms with van der Waals surface area (Å²) in [6, 6.07) is 0.196. The fourth-order valence-corrected chi connectivity index (χ4v) is 2.58. The molecule has 0 radical (unpaired) electrons. The molecule has 1 fully saturated rings. The third kappa shape index (κ3) is 2.74. The van der Waals surface area contributed by atoms with E-state index in [9.17, 15) is 4.79 Å². The molecule has 4 heteroatoms. The maximum Gasteiger partial charge on any atom is 0.248 e. The molecule has 0 spiro atoms. The molecule has 0 saturated carbocycles. The molecule has 1 saturated heterocycles. The molecule has 2 heterocycles. The van der Waals surface area contributed by atoms with E-state index in [2.05, 4.69) is 32.8 Å². The van der Waals surface area contributed by atoms with Crippen molar-refractivity contribution in [2.45, 2.75) is 53.0 Å². The maximum absolute atomic E-state index is 12.1. The predicted molar refractivity (Wildman–Crippen MR) is 71.4 cm³/mol. The first-order valence-corrected chi connectivity index (χ1v) is 6.87. The number of carbonyl (C=O) groups excluding carboxylic acids is 1. The van der Waals surface area contributed by atoms with Crippen molar-refractivity contribution in [1.29, 1.82) is 0 Å². The van der Waals surface area contributed by atoms with Crippen molar-refractivity contribution in [3.63, 3.8) is 0 Å². The molecule has 2 rings (SSSR count). The van der Waals surface area contributed by atoms with Gasteiger partial charge in [-0.05, 0) is 25.7 Å². The van der Waals surface area contributed by atoms with E-state index in [0.29, 0.717) is 12.3 Å². The smallest absolute Gasteiger partial charge is 0.248 e. The van der Waals surface area contributed by atoms with E-state index in [1.807, 2.05) is 0 Å². The lowest BCUT2D eigenvalue weighted by molar-refractivity contribution is -0.132. The van der Waals surface area contributed by atoms with Crippen molar-refractivity contribution in [1.82, 2.24) is 5.01 Å². The number of hydrazone groups is 1. The molecule has 0 N–H and O–H groups in total. The van der Waals surface area contributed by atoms with E-state index < -0.39 is 0 Å². The third-order valence-electron chi connectivity index (χ3n) is 4.00. The van der Waals surface area contributed by atoms with Gasteiger partial charge in [-0.25, -0.2) is 5.01 Å². The van der Waals surface area contributed by atoms with Gasteiger partial charge in [0.1, 0.15) is 0 Å². The van der Waals surface area contributed by atoms with Gasteiger partial charge in [-0.15, -0.1) is 0 Å². The van der Waals surface area contributed by atoms with Gasteiger partial charge in [-0.1, -0.05) is 20.8 Å². The third-order valence-corrected chi connectivity index (χ3v) is 4.00. The Labute approximate surface area is 109 Å². The minimum Gasteiger partial charge on any atom is -0.381 e. The Hall–Kier alpha value is -0.900. The Kier molecular flexibility index (Phi) is 3.76. The summed E-state index contributed by atoms with van der Waals surface area (Å²) in [4.78, 5) is 12.1. The molecular formula is C14H24N2O2. The van der Waals surface area contributed by atoms with Crippen LogP contribution >= 0.6 is 0 Å². The number of amides is 1. The lowest BCUT2D eigenvalue weighted by Gasteiger charge is -2.31. The minimum atomic E-state index is -0.0141. The van der Waals surface area contributed by atoms with Crippen LogP contribution in [0.3, 0.4) is 0 Å². The highest BCUT2D eigenvalue weighted by atomic mass is 16.5. The van der Waals surface area contributed by atoms with Crippen molar-refractivity contribution in [2.24, 2.45) is 16.4 Å². The topological polar surface area (TPSA) is 41.9 Å². The van der Waals surface area contributed by atoms with E-state index in [1.54, 1.807) is 5.01 Å². The van der Waals surface area contributed by atoms with Gasteiger partial charge in [-0.2, -0.15) is 5.10 Å². The van der Waals surface area contributed by atoms with Crippen LogP contribution in [0.2, 0.25) is 0 Å². The number of rotatable bonds is 2. The summed E-state index contributed by atoms with van der Waals surface area (Å²) < 4.78 is 5.38. The lowest BCUT2D eigenvalue weighted by Crippen LogP contribution is -2.39. The van der Waals surface area contributed by atoms with Crippen molar-refractivity contribution >= 4 is 11.6 Å². The second-order valence-electron chi connectivity index (χ2n) is 6.40. The van der Waals surface area contributed by atoms with Gasteiger partial charge in [-0.3, -0.25) is 4.79 Å². The first kappa shape index (κ1) is 13.5. The van der Waals surface area contributed by atoms with Gasteiger partial charge in [0.25, 0.3) is 0 Å². The molecule has 0 aromatic heterocycles. The summed E-state index contributed by atoms with van der Waals surface area (Å²) in [6.07, 6.45) is 2.55. The van der Waals surface area contributed by atoms with Crippen LogP contribution in [0.5, 0.6) is 0 Å². The van der Waals surface area contributed by atoms with Crippen LogP contribution in [0, 0.1) is 11.3 Å². The van der Waals surface area contributed by atoms with Crippen LogP contribution in [0.15, 0.2) is 5.10 Å². The monoisotopic (exact) mass is 252 g/mol. The second-order valence-corrected chi connectivity index (χ2v) is 6.40. The number of hydrogen-bond donors (Lipinski definition) is 0. The zero-order valence-corrected chi connectivity index (χ0v) is 11.9. The molecule has 0 aromatic rings. The van der Waals surface area contributed by atoms with Crippen molar-refractivity contribution in [3.8, 4) is 0 Å². The molecule has 0 aromatic carbocycles. The predicted octanol–water partition coefficient (Wildman–Crippen LogP) is 2.44. The number of ether oxygens (including phenoxy) is 1. The standard InChI is InChI=1S/C14H24N2O2/c1-10(11-5-7-18-8-6-11)16-13(17)9-12(15-16)14(2,3)4/h10-11H,5-9H2,1-4H3. The van der Waals surface area contributed by atoms with E-state index in [4.69, 9.17) is 4.74 Å². The van der Waals surface area contributed by atoms with Crippen molar-refractivity contribution in [3.05, 3.63) is 0 Å². The van der Waals surface area contributed by atoms with Crippen molar-refractivity contribution in [2.75, 3.05) is 13.2 Å². The van der Waals surface area contributed by atoms with E-state index >= 15 is 0 Å². The lowest BCUT2D eigenvalue weighted by atomic mass is 9.88. The minimum absolute atomic E-state index is 0.0141. The molecule has 102 valence electrons. The highest BCUT2D eigenvalue weighted by molar-refractivity contribution is 6.07. The number of carbonyl (C=O) groups is 1. The molecule has 2 aliphatic heterocycles. The van der Waals surface area contributed by atoms with Crippen LogP contribution in [0.1, 0.15) is 47.0 Å². The first-order valence-electron chi connectivity index (χ1n) is 6.87. The van der Waals surface area contributed by atoms with Crippen LogP contribution in [-0.2, 0) is 9.53 Å². The molecule has 0 bridgehead atoms. The van der Waals surface area contributed by atoms with E-state index in [1.165, 1.54) is 0 Å². The Balaban J connectivity index is 2.08. The summed E-state index contributed by atoms with van der Waals surface area (Å²) in [7, 11) is 0. The van der Waals surface area contributed by atoms with Gasteiger partial charge < -0.3 is 4.74 Å². The number of hydrogen-bond acceptors (Lipinski definition) is 3. The summed E-state index contributed by atoms with van der Waals surface area (Å²) in [5, 5.41) is 6.29. The van der Waals surface area contributed by atoms with Gasteiger partial charge in [0.05, 0.1) is 18.2 Å². The SMILES string of the molecule is CC(C1CCOCC1)N1N=C(C(C)(C)C)CC1=O. The Bertz CT molecular complexity index is 351. The van der Waals surface area contributed by atoms with E-state index in [-0.39, 0.29) is 17.4 Å². The van der Waals surface area contributed by atoms with Gasteiger partial charge in [0.15, 0.2) is 0 Å². The maximum atomic E-state index is 12.1. The molecule has 2 aliphatic rings. The fraction of sp³-hybridized carbons (Fsp3) is 0.857. The summed E-state index contributed by atoms with van der Waals surface area (Å²) >= 11 is 0. The van der Waals surface area contributed by atoms with E-state index in [0.717, 1.165) is 31.8 Å². The average Bonchev–Trinajstić information content (AvgIpc) is 2.71. The molecule has 1 unspecified atom stereocenters. The second kappa shape index (κ2) is 5.00. The molecule has 4 nitrogen and oxygen atoms in total. The molecule has 1 atom stereocenters. The Morgan fingerprint density at radius 2 is 1.94 bits per heavy atom. The highest BCUT2D eigenvalue weighted by Crippen LogP contribution is 2.29. The average molecular weight is 252 g/mol. The largest absolute Gasteiger partial charge is 0.381 e. The molecule has 18 heavy (non-hydrogen) atoms. The summed E-state index contributed by atoms with van der Waals surface area (Å²) in [5.41, 5.74) is 0.992. The van der Waals surface area contributed by atoms with Crippen molar-refractivity contribution < 1.29 is 9.53 Å². The molecular weight excluding hydrogens is 228 g/mol. The highest BCUT2D eigenvalue weighted by Gasteiger charge is 2.36. The van der Waals surface area contributed by atoms with Crippen LogP contribution in [-0.4, -0.2) is 35.9 Å². The summed E-state index contributed by atoms with van der Waals surface area (Å²) in [5.74, 6) is 0.671. The Morgan fingerprint density at radius 1 is 1.33 bits per heavy atom. The normalized spacial score (nSPS) is 24.3. The van der Waals surface area contributed by atoms with Gasteiger partial charge in [0, 0.05) is 18.6 Å². The Morgan fingerprint density at radius 3 is 2.44 bits per heavy atom. The van der Waals surface area contributed by atoms with Crippen LogP contribution in [0.25, 0.3) is 0 Å². The first-order chi connectivity index (χ1) is 8.39. The van der Waals surface area contributed by atoms with Gasteiger partial charge >= 0.3 is 0 Å². The van der Waals surface area contributed by atoms with Crippen LogP contribution < -0.4 is 0 Å². The zero-order chi connectivity index (χ0) is 13.3.